The van der Waals surface area contributed by atoms with Gasteiger partial charge in [0.2, 0.25) is 0 Å². The molecule has 5 unspecified atom stereocenters. The number of hydrogen-bond donors (Lipinski definition) is 1. The van der Waals surface area contributed by atoms with Crippen LogP contribution < -0.4 is 0 Å². The molecule has 5 rings (SSSR count). The van der Waals surface area contributed by atoms with E-state index in [2.05, 4.69) is 4.74 Å². The summed E-state index contributed by atoms with van der Waals surface area (Å²) < 4.78 is 163. The highest BCUT2D eigenvalue weighted by Gasteiger charge is 3.05. The van der Waals surface area contributed by atoms with Crippen LogP contribution in [0, 0.1) is 29.1 Å². The molecular weight excluding hydrogens is 416 g/mol. The number of halogens is 12. The molecule has 1 heterocycles. The maximum absolute atomic E-state index is 13.3. The Bertz CT molecular complexity index is 659. The van der Waals surface area contributed by atoms with Crippen LogP contribution in [-0.2, 0) is 4.74 Å². The van der Waals surface area contributed by atoms with Crippen LogP contribution in [0.15, 0.2) is 0 Å². The van der Waals surface area contributed by atoms with Gasteiger partial charge in [0.05, 0.1) is 11.5 Å². The summed E-state index contributed by atoms with van der Waals surface area (Å²) in [4.78, 5) is 0. The molecule has 14 heteroatoms. The predicted octanol–water partition coefficient (Wildman–Crippen LogP) is 3.99. The van der Waals surface area contributed by atoms with Crippen molar-refractivity contribution < 1.29 is 62.5 Å². The fraction of sp³-hybridized carbons (Fsp3) is 1.00. The fourth-order valence-electron chi connectivity index (χ4n) is 6.23. The van der Waals surface area contributed by atoms with Crippen molar-refractivity contribution in [2.75, 3.05) is 0 Å². The normalized spacial score (nSPS) is 42.8. The van der Waals surface area contributed by atoms with E-state index in [1.807, 2.05) is 0 Å². The monoisotopic (exact) mass is 424 g/mol. The molecule has 0 aromatic carbocycles. The minimum Gasteiger partial charge on any atom is -0.373 e. The van der Waals surface area contributed by atoms with Crippen LogP contribution >= 0.6 is 0 Å². The molecule has 0 aromatic heterocycles. The molecule has 27 heavy (non-hydrogen) atoms. The maximum Gasteiger partial charge on any atom is 0.426 e. The highest BCUT2D eigenvalue weighted by Crippen LogP contribution is 2.93. The highest BCUT2D eigenvalue weighted by atomic mass is 19.4. The van der Waals surface area contributed by atoms with Gasteiger partial charge in [-0.2, -0.15) is 52.7 Å². The lowest BCUT2D eigenvalue weighted by molar-refractivity contribution is -0.428. The van der Waals surface area contributed by atoms with E-state index in [9.17, 15) is 57.8 Å². The molecular formula is C13H8F12O2. The number of ether oxygens (including phenoxy) is 1. The van der Waals surface area contributed by atoms with E-state index in [4.69, 9.17) is 0 Å². The van der Waals surface area contributed by atoms with E-state index < -0.39 is 77.5 Å². The third-order valence-electron chi connectivity index (χ3n) is 6.80. The first-order chi connectivity index (χ1) is 11.8. The van der Waals surface area contributed by atoms with Crippen LogP contribution in [0.4, 0.5) is 52.7 Å². The lowest BCUT2D eigenvalue weighted by atomic mass is 9.75. The van der Waals surface area contributed by atoms with Gasteiger partial charge in [0, 0.05) is 5.92 Å². The number of alkyl halides is 12. The Kier molecular flexibility index (Phi) is 3.10. The predicted molar refractivity (Wildman–Crippen MR) is 57.8 cm³/mol. The van der Waals surface area contributed by atoms with Crippen molar-refractivity contribution in [1.29, 1.82) is 0 Å². The Balaban J connectivity index is 1.88. The van der Waals surface area contributed by atoms with Crippen molar-refractivity contribution in [3.8, 4) is 0 Å². The van der Waals surface area contributed by atoms with Crippen molar-refractivity contribution in [2.24, 2.45) is 29.1 Å². The number of aliphatic hydroxyl groups is 1. The van der Waals surface area contributed by atoms with E-state index >= 15 is 0 Å². The molecule has 6 bridgehead atoms. The smallest absolute Gasteiger partial charge is 0.373 e. The fourth-order valence-corrected chi connectivity index (χ4v) is 6.23. The maximum atomic E-state index is 13.3. The molecule has 1 N–H and O–H groups in total. The van der Waals surface area contributed by atoms with Crippen LogP contribution in [0.25, 0.3) is 0 Å². The van der Waals surface area contributed by atoms with Crippen molar-refractivity contribution in [3.05, 3.63) is 0 Å². The van der Waals surface area contributed by atoms with Gasteiger partial charge < -0.3 is 9.84 Å². The first kappa shape index (κ1) is 19.4. The summed E-state index contributed by atoms with van der Waals surface area (Å²) in [6.45, 7) is 0. The average molecular weight is 424 g/mol. The molecule has 156 valence electrons. The third-order valence-corrected chi connectivity index (χ3v) is 6.80. The molecule has 4 aliphatic carbocycles. The Hall–Kier alpha value is -0.920. The van der Waals surface area contributed by atoms with Gasteiger partial charge in [0.15, 0.2) is 0 Å². The van der Waals surface area contributed by atoms with Gasteiger partial charge in [0.1, 0.15) is 0 Å². The molecule has 0 amide bonds. The molecule has 0 aromatic rings. The molecule has 0 spiro atoms. The van der Waals surface area contributed by atoms with Crippen molar-refractivity contribution >= 4 is 0 Å². The van der Waals surface area contributed by atoms with Gasteiger partial charge in [-0.15, -0.1) is 0 Å². The molecule has 5 fully saturated rings. The van der Waals surface area contributed by atoms with Gasteiger partial charge in [-0.3, -0.25) is 0 Å². The molecule has 1 saturated heterocycles. The van der Waals surface area contributed by atoms with Gasteiger partial charge in [-0.05, 0) is 24.2 Å². The zero-order valence-electron chi connectivity index (χ0n) is 12.5. The van der Waals surface area contributed by atoms with Gasteiger partial charge in [-0.1, -0.05) is 0 Å². The van der Waals surface area contributed by atoms with E-state index in [1.54, 1.807) is 0 Å². The van der Waals surface area contributed by atoms with Crippen LogP contribution in [-0.4, -0.2) is 47.1 Å². The van der Waals surface area contributed by atoms with Crippen molar-refractivity contribution in [3.63, 3.8) is 0 Å². The second-order valence-electron chi connectivity index (χ2n) is 7.47. The van der Waals surface area contributed by atoms with Gasteiger partial charge >= 0.3 is 24.7 Å². The second kappa shape index (κ2) is 4.31. The van der Waals surface area contributed by atoms with E-state index in [1.165, 1.54) is 0 Å². The van der Waals surface area contributed by atoms with Crippen molar-refractivity contribution in [2.45, 2.75) is 48.4 Å². The lowest BCUT2D eigenvalue weighted by Crippen LogP contribution is -2.69. The Morgan fingerprint density at radius 1 is 0.741 bits per heavy atom. The molecule has 4 saturated carbocycles. The third kappa shape index (κ3) is 1.61. The molecule has 1 aliphatic heterocycles. The van der Waals surface area contributed by atoms with Gasteiger partial charge in [-0.25, -0.2) is 0 Å². The Labute approximate surface area is 141 Å². The minimum absolute atomic E-state index is 0.734. The molecule has 0 radical (unpaired) electrons. The largest absolute Gasteiger partial charge is 0.426 e. The summed E-state index contributed by atoms with van der Waals surface area (Å²) in [7, 11) is 0. The zero-order chi connectivity index (χ0) is 20.8. The van der Waals surface area contributed by atoms with Crippen LogP contribution in [0.5, 0.6) is 0 Å². The first-order valence-electron chi connectivity index (χ1n) is 7.49. The molecule has 5 aliphatic rings. The SMILES string of the molecule is OC(C(F)(F)F)(C(F)(F)F)C12C3C[C@H]4C1OC(C(F)(F)F)(C(F)(F)F)C4C32. The second-order valence-corrected chi connectivity index (χ2v) is 7.47. The van der Waals surface area contributed by atoms with E-state index in [-0.39, 0.29) is 0 Å². The standard InChI is InChI=1S/C13H8F12O2/c14-10(15,16)8(11(17,18)19)4-2-1-3-5(4)7(3,6(2)27-8)9(26,12(20,21)22)13(23,24)25/h2-6,26H,1H2/t2-,3?,4?,5?,6?,7?/m1/s1. The quantitative estimate of drug-likeness (QED) is 0.646. The highest BCUT2D eigenvalue weighted by molar-refractivity contribution is 5.43. The molecule has 2 nitrogen and oxygen atoms in total. The summed E-state index contributed by atoms with van der Waals surface area (Å²) in [6.07, 6.45) is -28.3. The summed E-state index contributed by atoms with van der Waals surface area (Å²) in [5.74, 6) is -8.52. The summed E-state index contributed by atoms with van der Waals surface area (Å²) in [5.41, 5.74) is -13.6. The summed E-state index contributed by atoms with van der Waals surface area (Å²) >= 11 is 0. The topological polar surface area (TPSA) is 29.5 Å². The van der Waals surface area contributed by atoms with Crippen LogP contribution in [0.1, 0.15) is 6.42 Å². The van der Waals surface area contributed by atoms with Gasteiger partial charge in [0.25, 0.3) is 11.2 Å². The van der Waals surface area contributed by atoms with E-state index in [0.29, 0.717) is 0 Å². The summed E-state index contributed by atoms with van der Waals surface area (Å²) in [5, 5.41) is 9.69. The Morgan fingerprint density at radius 3 is 1.52 bits per heavy atom. The average Bonchev–Trinajstić information content (AvgIpc) is 2.79. The summed E-state index contributed by atoms with van der Waals surface area (Å²) in [6, 6.07) is 0. The number of rotatable bonds is 1. The lowest BCUT2D eigenvalue weighted by Gasteiger charge is -2.46. The first-order valence-corrected chi connectivity index (χ1v) is 7.49. The van der Waals surface area contributed by atoms with E-state index in [0.717, 1.165) is 0 Å². The minimum atomic E-state index is -6.36. The molecule has 6 atom stereocenters. The van der Waals surface area contributed by atoms with Crippen LogP contribution in [0.2, 0.25) is 0 Å². The number of hydrogen-bond acceptors (Lipinski definition) is 2. The zero-order valence-corrected chi connectivity index (χ0v) is 12.5. The van der Waals surface area contributed by atoms with Crippen LogP contribution in [0.3, 0.4) is 0 Å². The Morgan fingerprint density at radius 2 is 1.19 bits per heavy atom. The van der Waals surface area contributed by atoms with Crippen molar-refractivity contribution in [1.82, 2.24) is 0 Å².